The average molecular weight is 214 g/mol. The maximum atomic E-state index is 5.13. The lowest BCUT2D eigenvalue weighted by molar-refractivity contribution is 0.0542. The molecule has 0 unspecified atom stereocenters. The number of nitrogens with zero attached hydrogens (tertiary/aromatic N) is 2. The molecule has 0 saturated carbocycles. The monoisotopic (exact) mass is 214 g/mol. The first kappa shape index (κ1) is 12.9. The van der Waals surface area contributed by atoms with Gasteiger partial charge < -0.3 is 9.64 Å². The van der Waals surface area contributed by atoms with Gasteiger partial charge in [0, 0.05) is 45.9 Å². The third kappa shape index (κ3) is 4.49. The summed E-state index contributed by atoms with van der Waals surface area (Å²) in [4.78, 5) is 5.11. The van der Waals surface area contributed by atoms with Crippen molar-refractivity contribution in [1.82, 2.24) is 9.80 Å². The van der Waals surface area contributed by atoms with E-state index in [1.807, 2.05) is 0 Å². The molecule has 0 amide bonds. The van der Waals surface area contributed by atoms with Crippen molar-refractivity contribution in [1.29, 1.82) is 0 Å². The van der Waals surface area contributed by atoms with Crippen molar-refractivity contribution in [3.63, 3.8) is 0 Å². The van der Waals surface area contributed by atoms with E-state index in [1.54, 1.807) is 7.11 Å². The molecule has 1 atom stereocenters. The molecule has 0 aliphatic carbocycles. The molecule has 1 saturated heterocycles. The van der Waals surface area contributed by atoms with Crippen LogP contribution in [0.15, 0.2) is 0 Å². The van der Waals surface area contributed by atoms with Crippen molar-refractivity contribution >= 4 is 0 Å². The summed E-state index contributed by atoms with van der Waals surface area (Å²) in [5.41, 5.74) is 0. The Morgan fingerprint density at radius 1 is 1.33 bits per heavy atom. The van der Waals surface area contributed by atoms with Gasteiger partial charge in [-0.15, -0.1) is 0 Å². The highest BCUT2D eigenvalue weighted by Crippen LogP contribution is 2.10. The number of methoxy groups -OCH3 is 1. The molecule has 0 bridgehead atoms. The molecule has 0 radical (unpaired) electrons. The standard InChI is InChI=1S/C12H26N2O/c1-11(2)9-13-5-6-14(7-8-15-4)12(3)10-13/h11-12H,5-10H2,1-4H3/t12-/m1/s1. The summed E-state index contributed by atoms with van der Waals surface area (Å²) in [6.45, 7) is 13.7. The first-order valence-corrected chi connectivity index (χ1v) is 6.08. The van der Waals surface area contributed by atoms with Gasteiger partial charge in [0.25, 0.3) is 0 Å². The van der Waals surface area contributed by atoms with E-state index in [4.69, 9.17) is 4.74 Å². The first-order valence-electron chi connectivity index (χ1n) is 6.08. The predicted octanol–water partition coefficient (Wildman–Crippen LogP) is 1.29. The third-order valence-electron chi connectivity index (χ3n) is 3.06. The second-order valence-electron chi connectivity index (χ2n) is 5.03. The maximum Gasteiger partial charge on any atom is 0.0589 e. The summed E-state index contributed by atoms with van der Waals surface area (Å²) in [6, 6.07) is 0.674. The Kier molecular flexibility index (Phi) is 5.58. The average Bonchev–Trinajstić information content (AvgIpc) is 2.15. The van der Waals surface area contributed by atoms with E-state index >= 15 is 0 Å². The van der Waals surface area contributed by atoms with Crippen molar-refractivity contribution in [2.75, 3.05) is 46.4 Å². The van der Waals surface area contributed by atoms with Crippen molar-refractivity contribution in [2.45, 2.75) is 26.8 Å². The molecular formula is C12H26N2O. The van der Waals surface area contributed by atoms with Crippen LogP contribution in [0.1, 0.15) is 20.8 Å². The van der Waals surface area contributed by atoms with Crippen LogP contribution in [0.5, 0.6) is 0 Å². The Morgan fingerprint density at radius 3 is 2.60 bits per heavy atom. The summed E-state index contributed by atoms with van der Waals surface area (Å²) >= 11 is 0. The summed E-state index contributed by atoms with van der Waals surface area (Å²) in [5.74, 6) is 0.780. The molecule has 3 nitrogen and oxygen atoms in total. The minimum atomic E-state index is 0.674. The zero-order chi connectivity index (χ0) is 11.3. The lowest BCUT2D eigenvalue weighted by atomic mass is 10.1. The Morgan fingerprint density at radius 2 is 2.07 bits per heavy atom. The number of hydrogen-bond acceptors (Lipinski definition) is 3. The van der Waals surface area contributed by atoms with Crippen LogP contribution in [0, 0.1) is 5.92 Å². The fourth-order valence-corrected chi connectivity index (χ4v) is 2.29. The fraction of sp³-hybridized carbons (Fsp3) is 1.00. The maximum absolute atomic E-state index is 5.13. The van der Waals surface area contributed by atoms with Gasteiger partial charge in [-0.2, -0.15) is 0 Å². The summed E-state index contributed by atoms with van der Waals surface area (Å²) < 4.78 is 5.13. The van der Waals surface area contributed by atoms with Crippen molar-refractivity contribution in [2.24, 2.45) is 5.92 Å². The normalized spacial score (nSPS) is 25.0. The van der Waals surface area contributed by atoms with Crippen LogP contribution in [0.2, 0.25) is 0 Å². The summed E-state index contributed by atoms with van der Waals surface area (Å²) in [6.07, 6.45) is 0. The smallest absolute Gasteiger partial charge is 0.0589 e. The van der Waals surface area contributed by atoms with Crippen LogP contribution in [-0.4, -0.2) is 62.3 Å². The van der Waals surface area contributed by atoms with E-state index < -0.39 is 0 Å². The van der Waals surface area contributed by atoms with Gasteiger partial charge >= 0.3 is 0 Å². The van der Waals surface area contributed by atoms with E-state index in [9.17, 15) is 0 Å². The second kappa shape index (κ2) is 6.46. The van der Waals surface area contributed by atoms with E-state index in [0.29, 0.717) is 6.04 Å². The van der Waals surface area contributed by atoms with E-state index in [1.165, 1.54) is 26.2 Å². The first-order chi connectivity index (χ1) is 7.13. The molecule has 1 fully saturated rings. The Bertz CT molecular complexity index is 173. The van der Waals surface area contributed by atoms with Crippen LogP contribution in [0.25, 0.3) is 0 Å². The third-order valence-corrected chi connectivity index (χ3v) is 3.06. The van der Waals surface area contributed by atoms with Crippen LogP contribution >= 0.6 is 0 Å². The van der Waals surface area contributed by atoms with E-state index in [0.717, 1.165) is 19.1 Å². The molecule has 3 heteroatoms. The minimum Gasteiger partial charge on any atom is -0.383 e. The number of rotatable bonds is 5. The molecule has 0 aromatic heterocycles. The zero-order valence-electron chi connectivity index (χ0n) is 10.7. The summed E-state index contributed by atoms with van der Waals surface area (Å²) in [5, 5.41) is 0. The zero-order valence-corrected chi connectivity index (χ0v) is 10.7. The van der Waals surface area contributed by atoms with Gasteiger partial charge in [0.1, 0.15) is 0 Å². The van der Waals surface area contributed by atoms with Crippen molar-refractivity contribution in [3.8, 4) is 0 Å². The molecule has 0 N–H and O–H groups in total. The van der Waals surface area contributed by atoms with E-state index in [2.05, 4.69) is 30.6 Å². The van der Waals surface area contributed by atoms with Gasteiger partial charge in [0.05, 0.1) is 6.61 Å². The molecule has 0 aromatic rings. The minimum absolute atomic E-state index is 0.674. The Balaban J connectivity index is 2.27. The SMILES string of the molecule is COCCN1CCN(CC(C)C)C[C@H]1C. The van der Waals surface area contributed by atoms with Gasteiger partial charge in [0.15, 0.2) is 0 Å². The molecule has 15 heavy (non-hydrogen) atoms. The molecule has 1 rings (SSSR count). The number of hydrogen-bond donors (Lipinski definition) is 0. The fourth-order valence-electron chi connectivity index (χ4n) is 2.29. The van der Waals surface area contributed by atoms with Crippen LogP contribution in [0.4, 0.5) is 0 Å². The molecule has 1 heterocycles. The summed E-state index contributed by atoms with van der Waals surface area (Å²) in [7, 11) is 1.78. The number of piperazine rings is 1. The van der Waals surface area contributed by atoms with Crippen LogP contribution in [0.3, 0.4) is 0 Å². The van der Waals surface area contributed by atoms with Crippen molar-refractivity contribution < 1.29 is 4.74 Å². The van der Waals surface area contributed by atoms with E-state index in [-0.39, 0.29) is 0 Å². The highest BCUT2D eigenvalue weighted by molar-refractivity contribution is 4.79. The predicted molar refractivity (Wildman–Crippen MR) is 64.2 cm³/mol. The molecular weight excluding hydrogens is 188 g/mol. The van der Waals surface area contributed by atoms with Crippen LogP contribution in [-0.2, 0) is 4.74 Å². The molecule has 1 aliphatic heterocycles. The Hall–Kier alpha value is -0.120. The molecule has 1 aliphatic rings. The quantitative estimate of drug-likeness (QED) is 0.686. The highest BCUT2D eigenvalue weighted by atomic mass is 16.5. The second-order valence-corrected chi connectivity index (χ2v) is 5.03. The highest BCUT2D eigenvalue weighted by Gasteiger charge is 2.23. The lowest BCUT2D eigenvalue weighted by Gasteiger charge is -2.40. The van der Waals surface area contributed by atoms with Gasteiger partial charge in [-0.3, -0.25) is 4.90 Å². The number of ether oxygens (including phenoxy) is 1. The topological polar surface area (TPSA) is 15.7 Å². The van der Waals surface area contributed by atoms with Gasteiger partial charge in [-0.25, -0.2) is 0 Å². The molecule has 0 spiro atoms. The largest absolute Gasteiger partial charge is 0.383 e. The molecule has 90 valence electrons. The van der Waals surface area contributed by atoms with Gasteiger partial charge in [-0.05, 0) is 12.8 Å². The van der Waals surface area contributed by atoms with Gasteiger partial charge in [0.2, 0.25) is 0 Å². The molecule has 0 aromatic carbocycles. The lowest BCUT2D eigenvalue weighted by Crippen LogP contribution is -2.53. The van der Waals surface area contributed by atoms with Gasteiger partial charge in [-0.1, -0.05) is 13.8 Å². The van der Waals surface area contributed by atoms with Crippen molar-refractivity contribution in [3.05, 3.63) is 0 Å². The van der Waals surface area contributed by atoms with Crippen LogP contribution < -0.4 is 0 Å². The Labute approximate surface area is 94.4 Å².